The largest absolute Gasteiger partial charge is 0.429 e. The summed E-state index contributed by atoms with van der Waals surface area (Å²) in [7, 11) is 0. The van der Waals surface area contributed by atoms with Crippen LogP contribution >= 0.6 is 0 Å². The van der Waals surface area contributed by atoms with Crippen molar-refractivity contribution in [1.29, 1.82) is 0 Å². The summed E-state index contributed by atoms with van der Waals surface area (Å²) in [4.78, 5) is 36.9. The van der Waals surface area contributed by atoms with Crippen molar-refractivity contribution < 1.29 is 9.21 Å². The normalized spacial score (nSPS) is 15.5. The third kappa shape index (κ3) is 3.27. The summed E-state index contributed by atoms with van der Waals surface area (Å²) in [5.41, 5.74) is 4.57. The molecule has 0 bridgehead atoms. The van der Waals surface area contributed by atoms with Gasteiger partial charge in [0, 0.05) is 30.2 Å². The average molecular weight is 436 g/mol. The topological polar surface area (TPSA) is 101 Å². The zero-order chi connectivity index (χ0) is 22.4. The van der Waals surface area contributed by atoms with Crippen LogP contribution in [0.25, 0.3) is 22.5 Å². The molecule has 0 radical (unpaired) electrons. The van der Waals surface area contributed by atoms with Gasteiger partial charge in [-0.2, -0.15) is 0 Å². The molecule has 5 aromatic rings. The lowest BCUT2D eigenvalue weighted by Crippen LogP contribution is -2.41. The van der Waals surface area contributed by atoms with Crippen LogP contribution < -0.4 is 0 Å². The van der Waals surface area contributed by atoms with Gasteiger partial charge in [-0.3, -0.25) is 14.8 Å². The molecule has 8 nitrogen and oxygen atoms in total. The first-order valence-corrected chi connectivity index (χ1v) is 10.8. The number of nitrogens with one attached hydrogen (secondary N) is 1. The third-order valence-corrected chi connectivity index (χ3v) is 5.96. The van der Waals surface area contributed by atoms with Crippen molar-refractivity contribution in [3.8, 4) is 11.6 Å². The van der Waals surface area contributed by atoms with Gasteiger partial charge in [0.1, 0.15) is 11.7 Å². The first-order chi connectivity index (χ1) is 16.2. The number of aromatic nitrogens is 5. The Bertz CT molecular complexity index is 1470. The van der Waals surface area contributed by atoms with Gasteiger partial charge in [-0.25, -0.2) is 9.97 Å². The highest BCUT2D eigenvalue weighted by Crippen LogP contribution is 2.35. The lowest BCUT2D eigenvalue weighted by molar-refractivity contribution is 0.0654. The fraction of sp³-hybridized carbons (Fsp3) is 0.160. The van der Waals surface area contributed by atoms with E-state index in [2.05, 4.69) is 19.9 Å². The lowest BCUT2D eigenvalue weighted by Gasteiger charge is -2.34. The number of aryl methyl sites for hydroxylation is 1. The van der Waals surface area contributed by atoms with Crippen molar-refractivity contribution in [2.45, 2.75) is 19.4 Å². The second-order valence-corrected chi connectivity index (χ2v) is 7.99. The number of H-pyrrole nitrogens is 1. The second-order valence-electron chi connectivity index (χ2n) is 7.99. The number of fused-ring (bicyclic) bond motifs is 2. The van der Waals surface area contributed by atoms with Crippen LogP contribution in [-0.4, -0.2) is 42.3 Å². The number of imidazole rings is 1. The molecule has 1 aromatic carbocycles. The lowest BCUT2D eigenvalue weighted by atomic mass is 9.98. The van der Waals surface area contributed by atoms with Crippen LogP contribution in [0.5, 0.6) is 0 Å². The van der Waals surface area contributed by atoms with Gasteiger partial charge in [-0.05, 0) is 31.2 Å². The molecule has 0 aliphatic carbocycles. The third-order valence-electron chi connectivity index (χ3n) is 5.96. The van der Waals surface area contributed by atoms with Gasteiger partial charge in [0.15, 0.2) is 0 Å². The predicted octanol–water partition coefficient (Wildman–Crippen LogP) is 4.10. The fourth-order valence-corrected chi connectivity index (χ4v) is 4.35. The Balaban J connectivity index is 1.43. The summed E-state index contributed by atoms with van der Waals surface area (Å²) in [5.74, 6) is 0.297. The van der Waals surface area contributed by atoms with Crippen molar-refractivity contribution in [1.82, 2.24) is 29.8 Å². The number of aromatic amines is 1. The number of carbonyl (C=O) groups excluding carboxylic acids is 1. The van der Waals surface area contributed by atoms with E-state index in [-0.39, 0.29) is 11.7 Å². The molecule has 162 valence electrons. The van der Waals surface area contributed by atoms with Gasteiger partial charge >= 0.3 is 0 Å². The molecular formula is C25H20N6O2. The Morgan fingerprint density at radius 2 is 1.94 bits per heavy atom. The molecule has 1 N–H and O–H groups in total. The molecular weight excluding hydrogens is 416 g/mol. The highest BCUT2D eigenvalue weighted by molar-refractivity contribution is 5.93. The standard InChI is InChI=1S/C25H20N6O2/c1-15-23(33-24(29-15)20-8-4-5-12-26-20)25(32)31-13-11-18-21(28-14-27-18)22(31)19-10-9-16-6-2-3-7-17(16)30-19/h2-10,12,14,22H,11,13H2,1H3,(H,27,28)/t22-/m1/s1. The molecule has 0 saturated carbocycles. The first-order valence-electron chi connectivity index (χ1n) is 10.8. The molecule has 0 unspecified atom stereocenters. The summed E-state index contributed by atoms with van der Waals surface area (Å²) < 4.78 is 5.93. The Kier molecular flexibility index (Phi) is 4.50. The van der Waals surface area contributed by atoms with Crippen LogP contribution in [0.15, 0.2) is 71.5 Å². The number of nitrogens with zero attached hydrogens (tertiary/aromatic N) is 5. The molecule has 0 fully saturated rings. The Morgan fingerprint density at radius 3 is 2.82 bits per heavy atom. The number of hydrogen-bond donors (Lipinski definition) is 1. The highest BCUT2D eigenvalue weighted by Gasteiger charge is 2.37. The molecule has 1 aliphatic rings. The monoisotopic (exact) mass is 436 g/mol. The molecule has 0 spiro atoms. The summed E-state index contributed by atoms with van der Waals surface area (Å²) in [6.07, 6.45) is 4.01. The predicted molar refractivity (Wildman–Crippen MR) is 121 cm³/mol. The molecule has 5 heterocycles. The maximum atomic E-state index is 13.8. The minimum Gasteiger partial charge on any atom is -0.429 e. The minimum atomic E-state index is -0.431. The van der Waals surface area contributed by atoms with E-state index < -0.39 is 6.04 Å². The van der Waals surface area contributed by atoms with Gasteiger partial charge in [0.25, 0.3) is 5.91 Å². The number of benzene rings is 1. The summed E-state index contributed by atoms with van der Waals surface area (Å²) >= 11 is 0. The van der Waals surface area contributed by atoms with Gasteiger partial charge in [-0.1, -0.05) is 30.3 Å². The van der Waals surface area contributed by atoms with Crippen LogP contribution in [0.1, 0.15) is 39.4 Å². The van der Waals surface area contributed by atoms with Gasteiger partial charge in [0.2, 0.25) is 11.7 Å². The number of amides is 1. The minimum absolute atomic E-state index is 0.209. The van der Waals surface area contributed by atoms with Crippen LogP contribution in [0.2, 0.25) is 0 Å². The SMILES string of the molecule is Cc1nc(-c2ccccn2)oc1C(=O)N1CCc2[nH]cnc2[C@H]1c1ccc2ccccc2n1. The first kappa shape index (κ1) is 19.4. The Hall–Kier alpha value is -4.33. The van der Waals surface area contributed by atoms with Gasteiger partial charge in [-0.15, -0.1) is 0 Å². The molecule has 33 heavy (non-hydrogen) atoms. The molecule has 1 amide bonds. The number of rotatable bonds is 3. The number of para-hydroxylation sites is 1. The van der Waals surface area contributed by atoms with E-state index >= 15 is 0 Å². The highest BCUT2D eigenvalue weighted by atomic mass is 16.4. The van der Waals surface area contributed by atoms with E-state index in [0.717, 1.165) is 28.0 Å². The van der Waals surface area contributed by atoms with E-state index in [9.17, 15) is 4.79 Å². The molecule has 0 saturated heterocycles. The van der Waals surface area contributed by atoms with Crippen LogP contribution in [0.4, 0.5) is 0 Å². The molecule has 6 rings (SSSR count). The maximum absolute atomic E-state index is 13.8. The van der Waals surface area contributed by atoms with Crippen molar-refractivity contribution in [3.05, 3.63) is 95.7 Å². The fourth-order valence-electron chi connectivity index (χ4n) is 4.35. The van der Waals surface area contributed by atoms with E-state index in [1.54, 1.807) is 30.4 Å². The van der Waals surface area contributed by atoms with E-state index in [1.807, 2.05) is 48.5 Å². The van der Waals surface area contributed by atoms with Crippen molar-refractivity contribution in [2.24, 2.45) is 0 Å². The molecule has 1 aliphatic heterocycles. The summed E-state index contributed by atoms with van der Waals surface area (Å²) in [6, 6.07) is 17.0. The van der Waals surface area contributed by atoms with Crippen LogP contribution in [0.3, 0.4) is 0 Å². The van der Waals surface area contributed by atoms with E-state index in [0.29, 0.717) is 30.2 Å². The maximum Gasteiger partial charge on any atom is 0.292 e. The number of hydrogen-bond acceptors (Lipinski definition) is 6. The van der Waals surface area contributed by atoms with Crippen molar-refractivity contribution in [2.75, 3.05) is 6.54 Å². The van der Waals surface area contributed by atoms with E-state index in [4.69, 9.17) is 9.40 Å². The van der Waals surface area contributed by atoms with Crippen LogP contribution in [0, 0.1) is 6.92 Å². The van der Waals surface area contributed by atoms with Gasteiger partial charge < -0.3 is 14.3 Å². The number of pyridine rings is 2. The van der Waals surface area contributed by atoms with Gasteiger partial charge in [0.05, 0.1) is 28.9 Å². The summed E-state index contributed by atoms with van der Waals surface area (Å²) in [5, 5.41) is 1.04. The quantitative estimate of drug-likeness (QED) is 0.457. The average Bonchev–Trinajstić information content (AvgIpc) is 3.50. The number of oxazole rings is 1. The molecule has 4 aromatic heterocycles. The zero-order valence-electron chi connectivity index (χ0n) is 17.9. The van der Waals surface area contributed by atoms with Crippen LogP contribution in [-0.2, 0) is 6.42 Å². The smallest absolute Gasteiger partial charge is 0.292 e. The van der Waals surface area contributed by atoms with Crippen molar-refractivity contribution in [3.63, 3.8) is 0 Å². The zero-order valence-corrected chi connectivity index (χ0v) is 17.9. The number of carbonyl (C=O) groups is 1. The second kappa shape index (κ2) is 7.67. The Labute approximate surface area is 189 Å². The van der Waals surface area contributed by atoms with Crippen molar-refractivity contribution >= 4 is 16.8 Å². The summed E-state index contributed by atoms with van der Waals surface area (Å²) in [6.45, 7) is 2.28. The Morgan fingerprint density at radius 1 is 1.06 bits per heavy atom. The molecule has 1 atom stereocenters. The van der Waals surface area contributed by atoms with E-state index in [1.165, 1.54) is 0 Å². The molecule has 8 heteroatoms.